The minimum atomic E-state index is -0.455. The topological polar surface area (TPSA) is 61.7 Å². The summed E-state index contributed by atoms with van der Waals surface area (Å²) in [4.78, 5) is 11.2. The standard InChI is InChI=1S/C12H16N2O2/c1-10(15)7-8-12(16)14-13-9-11-5-3-2-4-6-11/h2-6,9-10,15H,7-8H2,1H3,(H,14,16)/b13-9-/t10-/m0/s1. The molecular formula is C12H16N2O2. The fraction of sp³-hybridized carbons (Fsp3) is 0.333. The summed E-state index contributed by atoms with van der Waals surface area (Å²) in [5.74, 6) is -0.187. The van der Waals surface area contributed by atoms with Gasteiger partial charge in [-0.15, -0.1) is 0 Å². The van der Waals surface area contributed by atoms with Crippen LogP contribution >= 0.6 is 0 Å². The lowest BCUT2D eigenvalue weighted by molar-refractivity contribution is -0.121. The molecule has 0 bridgehead atoms. The number of carbonyl (C=O) groups excluding carboxylic acids is 1. The molecule has 0 radical (unpaired) electrons. The Morgan fingerprint density at radius 2 is 2.19 bits per heavy atom. The zero-order chi connectivity index (χ0) is 11.8. The maximum Gasteiger partial charge on any atom is 0.240 e. The molecule has 0 aliphatic heterocycles. The maximum atomic E-state index is 11.2. The van der Waals surface area contributed by atoms with Crippen molar-refractivity contribution < 1.29 is 9.90 Å². The van der Waals surface area contributed by atoms with E-state index in [9.17, 15) is 4.79 Å². The van der Waals surface area contributed by atoms with Gasteiger partial charge in [-0.05, 0) is 18.9 Å². The Morgan fingerprint density at radius 3 is 2.81 bits per heavy atom. The third-order valence-corrected chi connectivity index (χ3v) is 1.99. The van der Waals surface area contributed by atoms with Gasteiger partial charge in [-0.2, -0.15) is 5.10 Å². The fourth-order valence-corrected chi connectivity index (χ4v) is 1.11. The highest BCUT2D eigenvalue weighted by Crippen LogP contribution is 1.96. The average molecular weight is 220 g/mol. The Labute approximate surface area is 95.0 Å². The quantitative estimate of drug-likeness (QED) is 0.580. The summed E-state index contributed by atoms with van der Waals surface area (Å²) in [5, 5.41) is 12.8. The van der Waals surface area contributed by atoms with Gasteiger partial charge in [0.05, 0.1) is 12.3 Å². The second-order valence-corrected chi connectivity index (χ2v) is 3.59. The third-order valence-electron chi connectivity index (χ3n) is 1.99. The van der Waals surface area contributed by atoms with Crippen molar-refractivity contribution in [1.82, 2.24) is 5.43 Å². The number of nitrogens with zero attached hydrogens (tertiary/aromatic N) is 1. The molecule has 1 amide bonds. The van der Waals surface area contributed by atoms with E-state index in [1.165, 1.54) is 0 Å². The highest BCUT2D eigenvalue weighted by Gasteiger charge is 2.01. The van der Waals surface area contributed by atoms with Crippen LogP contribution in [0.15, 0.2) is 35.4 Å². The van der Waals surface area contributed by atoms with Gasteiger partial charge in [0.2, 0.25) is 5.91 Å². The summed E-state index contributed by atoms with van der Waals surface area (Å²) >= 11 is 0. The van der Waals surface area contributed by atoms with E-state index >= 15 is 0 Å². The number of amides is 1. The van der Waals surface area contributed by atoms with Gasteiger partial charge in [0.15, 0.2) is 0 Å². The van der Waals surface area contributed by atoms with Crippen LogP contribution in [0.4, 0.5) is 0 Å². The van der Waals surface area contributed by atoms with Crippen molar-refractivity contribution in [2.75, 3.05) is 0 Å². The normalized spacial score (nSPS) is 12.6. The Morgan fingerprint density at radius 1 is 1.50 bits per heavy atom. The second-order valence-electron chi connectivity index (χ2n) is 3.59. The lowest BCUT2D eigenvalue weighted by atomic mass is 10.2. The van der Waals surface area contributed by atoms with E-state index in [4.69, 9.17) is 5.11 Å². The fourth-order valence-electron chi connectivity index (χ4n) is 1.11. The molecule has 0 spiro atoms. The molecule has 0 fully saturated rings. The number of benzene rings is 1. The Balaban J connectivity index is 2.29. The first-order valence-corrected chi connectivity index (χ1v) is 5.23. The lowest BCUT2D eigenvalue weighted by Crippen LogP contribution is -2.18. The van der Waals surface area contributed by atoms with Crippen LogP contribution in [0.25, 0.3) is 0 Å². The lowest BCUT2D eigenvalue weighted by Gasteiger charge is -2.01. The van der Waals surface area contributed by atoms with E-state index in [0.717, 1.165) is 5.56 Å². The molecule has 0 saturated carbocycles. The van der Waals surface area contributed by atoms with Crippen molar-refractivity contribution in [3.05, 3.63) is 35.9 Å². The molecule has 1 aromatic carbocycles. The van der Waals surface area contributed by atoms with E-state index in [2.05, 4.69) is 10.5 Å². The summed E-state index contributed by atoms with van der Waals surface area (Å²) in [6.45, 7) is 1.65. The van der Waals surface area contributed by atoms with Gasteiger partial charge in [-0.3, -0.25) is 4.79 Å². The number of aliphatic hydroxyl groups is 1. The van der Waals surface area contributed by atoms with E-state index < -0.39 is 6.10 Å². The van der Waals surface area contributed by atoms with Crippen LogP contribution in [0.3, 0.4) is 0 Å². The Bertz CT molecular complexity index is 347. The minimum Gasteiger partial charge on any atom is -0.393 e. The summed E-state index contributed by atoms with van der Waals surface area (Å²) in [6, 6.07) is 9.50. The molecule has 0 unspecified atom stereocenters. The molecule has 0 aromatic heterocycles. The smallest absolute Gasteiger partial charge is 0.240 e. The average Bonchev–Trinajstić information content (AvgIpc) is 2.28. The number of hydrazone groups is 1. The Kier molecular flexibility index (Phi) is 5.22. The van der Waals surface area contributed by atoms with E-state index in [1.54, 1.807) is 13.1 Å². The zero-order valence-corrected chi connectivity index (χ0v) is 9.26. The van der Waals surface area contributed by atoms with Gasteiger partial charge < -0.3 is 5.11 Å². The molecule has 1 rings (SSSR count). The number of rotatable bonds is 5. The van der Waals surface area contributed by atoms with Crippen LogP contribution in [0, 0.1) is 0 Å². The molecule has 0 saturated heterocycles. The molecule has 4 heteroatoms. The van der Waals surface area contributed by atoms with Crippen LogP contribution in [-0.4, -0.2) is 23.3 Å². The monoisotopic (exact) mass is 220 g/mol. The zero-order valence-electron chi connectivity index (χ0n) is 9.26. The van der Waals surface area contributed by atoms with Crippen LogP contribution in [0.1, 0.15) is 25.3 Å². The van der Waals surface area contributed by atoms with Crippen LogP contribution in [0.2, 0.25) is 0 Å². The van der Waals surface area contributed by atoms with Gasteiger partial charge in [0.25, 0.3) is 0 Å². The van der Waals surface area contributed by atoms with Crippen molar-refractivity contribution in [1.29, 1.82) is 0 Å². The summed E-state index contributed by atoms with van der Waals surface area (Å²) in [5.41, 5.74) is 3.33. The number of hydrogen-bond acceptors (Lipinski definition) is 3. The summed E-state index contributed by atoms with van der Waals surface area (Å²) in [6.07, 6.45) is 1.86. The first-order chi connectivity index (χ1) is 7.68. The molecular weight excluding hydrogens is 204 g/mol. The van der Waals surface area contributed by atoms with Crippen molar-refractivity contribution in [3.8, 4) is 0 Å². The van der Waals surface area contributed by atoms with E-state index in [0.29, 0.717) is 6.42 Å². The maximum absolute atomic E-state index is 11.2. The molecule has 1 aromatic rings. The van der Waals surface area contributed by atoms with Crippen molar-refractivity contribution >= 4 is 12.1 Å². The predicted molar refractivity (Wildman–Crippen MR) is 63.1 cm³/mol. The molecule has 1 atom stereocenters. The number of nitrogens with one attached hydrogen (secondary N) is 1. The van der Waals surface area contributed by atoms with Gasteiger partial charge >= 0.3 is 0 Å². The van der Waals surface area contributed by atoms with Gasteiger partial charge in [0, 0.05) is 6.42 Å². The molecule has 16 heavy (non-hydrogen) atoms. The van der Waals surface area contributed by atoms with Crippen molar-refractivity contribution in [2.45, 2.75) is 25.9 Å². The number of carbonyl (C=O) groups is 1. The van der Waals surface area contributed by atoms with Crippen LogP contribution < -0.4 is 5.43 Å². The van der Waals surface area contributed by atoms with Crippen molar-refractivity contribution in [2.24, 2.45) is 5.10 Å². The molecule has 0 aliphatic carbocycles. The van der Waals surface area contributed by atoms with Gasteiger partial charge in [0.1, 0.15) is 0 Å². The third kappa shape index (κ3) is 5.26. The van der Waals surface area contributed by atoms with Gasteiger partial charge in [-0.25, -0.2) is 5.43 Å². The molecule has 2 N–H and O–H groups in total. The molecule has 4 nitrogen and oxygen atoms in total. The minimum absolute atomic E-state index is 0.187. The van der Waals surface area contributed by atoms with E-state index in [-0.39, 0.29) is 12.3 Å². The Hall–Kier alpha value is -1.68. The molecule has 0 aliphatic rings. The molecule has 86 valence electrons. The van der Waals surface area contributed by atoms with E-state index in [1.807, 2.05) is 30.3 Å². The summed E-state index contributed by atoms with van der Waals surface area (Å²) < 4.78 is 0. The number of hydrogen-bond donors (Lipinski definition) is 2. The first-order valence-electron chi connectivity index (χ1n) is 5.23. The predicted octanol–water partition coefficient (Wildman–Crippen LogP) is 1.30. The highest BCUT2D eigenvalue weighted by atomic mass is 16.3. The largest absolute Gasteiger partial charge is 0.393 e. The first kappa shape index (κ1) is 12.4. The summed E-state index contributed by atoms with van der Waals surface area (Å²) in [7, 11) is 0. The second kappa shape index (κ2) is 6.74. The number of aliphatic hydroxyl groups excluding tert-OH is 1. The van der Waals surface area contributed by atoms with Gasteiger partial charge in [-0.1, -0.05) is 30.3 Å². The highest BCUT2D eigenvalue weighted by molar-refractivity contribution is 5.82. The van der Waals surface area contributed by atoms with Crippen LogP contribution in [-0.2, 0) is 4.79 Å². The van der Waals surface area contributed by atoms with Crippen LogP contribution in [0.5, 0.6) is 0 Å². The molecule has 0 heterocycles. The SMILES string of the molecule is C[C@H](O)CCC(=O)N/N=C\c1ccccc1. The van der Waals surface area contributed by atoms with Crippen molar-refractivity contribution in [3.63, 3.8) is 0 Å².